The minimum Gasteiger partial charge on any atom is -0.497 e. The summed E-state index contributed by atoms with van der Waals surface area (Å²) in [4.78, 5) is 20.3. The quantitative estimate of drug-likeness (QED) is 0.592. The monoisotopic (exact) mass is 419 g/mol. The maximum absolute atomic E-state index is 13.1. The molecule has 0 bridgehead atoms. The number of morpholine rings is 1. The number of pyridine rings is 1. The van der Waals surface area contributed by atoms with Crippen LogP contribution >= 0.6 is 0 Å². The molecule has 1 aliphatic heterocycles. The Morgan fingerprint density at radius 2 is 1.90 bits per heavy atom. The molecule has 1 N–H and O–H groups in total. The standard InChI is InChI=1S/C25H29N3O3/c1-18-4-9-23-21(16-18)22(17-24(27-23)19-5-7-20(30-2)8-6-19)25(29)26-10-3-11-28-12-14-31-15-13-28/h4-9,16-17H,3,10-15H2,1-2H3,(H,26,29). The number of carbonyl (C=O) groups is 1. The lowest BCUT2D eigenvalue weighted by molar-refractivity contribution is 0.0374. The van der Waals surface area contributed by atoms with E-state index in [4.69, 9.17) is 14.5 Å². The van der Waals surface area contributed by atoms with Crippen LogP contribution in [0.2, 0.25) is 0 Å². The van der Waals surface area contributed by atoms with Crippen molar-refractivity contribution in [1.29, 1.82) is 0 Å². The van der Waals surface area contributed by atoms with E-state index in [0.717, 1.165) is 72.7 Å². The van der Waals surface area contributed by atoms with Crippen molar-refractivity contribution in [1.82, 2.24) is 15.2 Å². The molecule has 162 valence electrons. The van der Waals surface area contributed by atoms with Crippen LogP contribution in [0.1, 0.15) is 22.3 Å². The van der Waals surface area contributed by atoms with Gasteiger partial charge < -0.3 is 14.8 Å². The lowest BCUT2D eigenvalue weighted by Crippen LogP contribution is -2.38. The SMILES string of the molecule is COc1ccc(-c2cc(C(=O)NCCCN3CCOCC3)c3cc(C)ccc3n2)cc1. The Hall–Kier alpha value is -2.96. The van der Waals surface area contributed by atoms with Gasteiger partial charge >= 0.3 is 0 Å². The summed E-state index contributed by atoms with van der Waals surface area (Å²) in [6, 6.07) is 15.7. The van der Waals surface area contributed by atoms with Gasteiger partial charge in [-0.1, -0.05) is 11.6 Å². The normalized spacial score (nSPS) is 14.5. The molecule has 1 aromatic heterocycles. The third-order valence-electron chi connectivity index (χ3n) is 5.63. The van der Waals surface area contributed by atoms with E-state index in [0.29, 0.717) is 12.1 Å². The molecule has 2 aromatic carbocycles. The van der Waals surface area contributed by atoms with Gasteiger partial charge in [0.1, 0.15) is 5.75 Å². The summed E-state index contributed by atoms with van der Waals surface area (Å²) >= 11 is 0. The fraction of sp³-hybridized carbons (Fsp3) is 0.360. The Labute approximate surface area is 183 Å². The van der Waals surface area contributed by atoms with Crippen molar-refractivity contribution in [3.8, 4) is 17.0 Å². The second kappa shape index (κ2) is 9.90. The lowest BCUT2D eigenvalue weighted by atomic mass is 10.0. The molecule has 0 atom stereocenters. The van der Waals surface area contributed by atoms with E-state index in [1.165, 1.54) is 0 Å². The number of amides is 1. The molecule has 1 aliphatic rings. The predicted molar refractivity (Wildman–Crippen MR) is 123 cm³/mol. The van der Waals surface area contributed by atoms with Crippen LogP contribution in [-0.2, 0) is 4.74 Å². The number of ether oxygens (including phenoxy) is 2. The molecule has 4 rings (SSSR count). The number of nitrogens with zero attached hydrogens (tertiary/aromatic N) is 2. The number of carbonyl (C=O) groups excluding carboxylic acids is 1. The van der Waals surface area contributed by atoms with Gasteiger partial charge in [-0.25, -0.2) is 4.98 Å². The van der Waals surface area contributed by atoms with Gasteiger partial charge in [-0.15, -0.1) is 0 Å². The number of methoxy groups -OCH3 is 1. The average molecular weight is 420 g/mol. The highest BCUT2D eigenvalue weighted by molar-refractivity contribution is 6.07. The molecule has 0 saturated carbocycles. The molecule has 1 amide bonds. The number of aromatic nitrogens is 1. The van der Waals surface area contributed by atoms with Crippen LogP contribution in [0.3, 0.4) is 0 Å². The van der Waals surface area contributed by atoms with Crippen LogP contribution in [0.4, 0.5) is 0 Å². The highest BCUT2D eigenvalue weighted by atomic mass is 16.5. The fourth-order valence-corrected chi connectivity index (χ4v) is 3.86. The topological polar surface area (TPSA) is 63.7 Å². The van der Waals surface area contributed by atoms with Gasteiger partial charge in [0.05, 0.1) is 37.1 Å². The highest BCUT2D eigenvalue weighted by Crippen LogP contribution is 2.27. The summed E-state index contributed by atoms with van der Waals surface area (Å²) in [5.74, 6) is 0.730. The van der Waals surface area contributed by atoms with Gasteiger partial charge in [0, 0.05) is 30.6 Å². The van der Waals surface area contributed by atoms with Crippen LogP contribution in [0, 0.1) is 6.92 Å². The number of benzene rings is 2. The van der Waals surface area contributed by atoms with Gasteiger partial charge in [0.15, 0.2) is 0 Å². The van der Waals surface area contributed by atoms with Gasteiger partial charge in [0.2, 0.25) is 0 Å². The van der Waals surface area contributed by atoms with Gasteiger partial charge in [-0.3, -0.25) is 9.69 Å². The van der Waals surface area contributed by atoms with Crippen LogP contribution in [0.25, 0.3) is 22.2 Å². The van der Waals surface area contributed by atoms with Crippen LogP contribution in [0.5, 0.6) is 5.75 Å². The average Bonchev–Trinajstić information content (AvgIpc) is 2.82. The highest BCUT2D eigenvalue weighted by Gasteiger charge is 2.15. The van der Waals surface area contributed by atoms with Gasteiger partial charge in [0.25, 0.3) is 5.91 Å². The van der Waals surface area contributed by atoms with Crippen LogP contribution in [-0.4, -0.2) is 62.3 Å². The Bertz CT molecular complexity index is 1040. The van der Waals surface area contributed by atoms with E-state index in [2.05, 4.69) is 10.2 Å². The van der Waals surface area contributed by atoms with E-state index in [9.17, 15) is 4.79 Å². The first-order chi connectivity index (χ1) is 15.1. The fourth-order valence-electron chi connectivity index (χ4n) is 3.86. The Morgan fingerprint density at radius 1 is 1.13 bits per heavy atom. The summed E-state index contributed by atoms with van der Waals surface area (Å²) in [5.41, 5.74) is 4.30. The number of nitrogens with one attached hydrogen (secondary N) is 1. The molecule has 0 unspecified atom stereocenters. The number of rotatable bonds is 7. The maximum Gasteiger partial charge on any atom is 0.252 e. The Balaban J connectivity index is 1.54. The van der Waals surface area contributed by atoms with Gasteiger partial charge in [-0.05, 0) is 62.4 Å². The van der Waals surface area contributed by atoms with Crippen molar-refractivity contribution in [2.45, 2.75) is 13.3 Å². The molecule has 6 nitrogen and oxygen atoms in total. The minimum absolute atomic E-state index is 0.0604. The van der Waals surface area contributed by atoms with Crippen molar-refractivity contribution in [2.75, 3.05) is 46.5 Å². The number of hydrogen-bond donors (Lipinski definition) is 1. The van der Waals surface area contributed by atoms with Crippen molar-refractivity contribution in [2.24, 2.45) is 0 Å². The maximum atomic E-state index is 13.1. The molecular weight excluding hydrogens is 390 g/mol. The molecular formula is C25H29N3O3. The largest absolute Gasteiger partial charge is 0.497 e. The van der Waals surface area contributed by atoms with Crippen LogP contribution in [0.15, 0.2) is 48.5 Å². The molecule has 0 radical (unpaired) electrons. The second-order valence-corrected chi connectivity index (χ2v) is 7.87. The van der Waals surface area contributed by atoms with Crippen molar-refractivity contribution in [3.05, 3.63) is 59.7 Å². The zero-order valence-corrected chi connectivity index (χ0v) is 18.2. The van der Waals surface area contributed by atoms with E-state index < -0.39 is 0 Å². The van der Waals surface area contributed by atoms with Crippen LogP contribution < -0.4 is 10.1 Å². The molecule has 0 spiro atoms. The smallest absolute Gasteiger partial charge is 0.252 e. The van der Waals surface area contributed by atoms with Crippen molar-refractivity contribution < 1.29 is 14.3 Å². The molecule has 6 heteroatoms. The Morgan fingerprint density at radius 3 is 2.65 bits per heavy atom. The van der Waals surface area contributed by atoms with Crippen molar-refractivity contribution in [3.63, 3.8) is 0 Å². The first-order valence-electron chi connectivity index (χ1n) is 10.8. The zero-order valence-electron chi connectivity index (χ0n) is 18.2. The Kier molecular flexibility index (Phi) is 6.79. The molecule has 31 heavy (non-hydrogen) atoms. The summed E-state index contributed by atoms with van der Waals surface area (Å²) in [6.07, 6.45) is 0.916. The number of aryl methyl sites for hydroxylation is 1. The third kappa shape index (κ3) is 5.21. The zero-order chi connectivity index (χ0) is 21.6. The summed E-state index contributed by atoms with van der Waals surface area (Å²) in [7, 11) is 1.65. The van der Waals surface area contributed by atoms with E-state index in [-0.39, 0.29) is 5.91 Å². The molecule has 1 saturated heterocycles. The summed E-state index contributed by atoms with van der Waals surface area (Å²) in [5, 5.41) is 3.98. The summed E-state index contributed by atoms with van der Waals surface area (Å²) in [6.45, 7) is 7.16. The molecule has 1 fully saturated rings. The molecule has 3 aromatic rings. The third-order valence-corrected chi connectivity index (χ3v) is 5.63. The van der Waals surface area contributed by atoms with Crippen molar-refractivity contribution >= 4 is 16.8 Å². The second-order valence-electron chi connectivity index (χ2n) is 7.87. The number of fused-ring (bicyclic) bond motifs is 1. The van der Waals surface area contributed by atoms with Gasteiger partial charge in [-0.2, -0.15) is 0 Å². The molecule has 2 heterocycles. The van der Waals surface area contributed by atoms with E-state index >= 15 is 0 Å². The summed E-state index contributed by atoms with van der Waals surface area (Å²) < 4.78 is 10.6. The predicted octanol–water partition coefficient (Wildman–Crippen LogP) is 3.67. The lowest BCUT2D eigenvalue weighted by Gasteiger charge is -2.26. The minimum atomic E-state index is -0.0604. The van der Waals surface area contributed by atoms with E-state index in [1.807, 2.05) is 55.5 Å². The molecule has 0 aliphatic carbocycles. The first kappa shape index (κ1) is 21.3. The number of hydrogen-bond acceptors (Lipinski definition) is 5. The van der Waals surface area contributed by atoms with E-state index in [1.54, 1.807) is 7.11 Å². The first-order valence-corrected chi connectivity index (χ1v) is 10.8.